The number of aromatic nitrogens is 2. The van der Waals surface area contributed by atoms with Crippen molar-refractivity contribution in [1.29, 1.82) is 0 Å². The first kappa shape index (κ1) is 19.5. The fourth-order valence-corrected chi connectivity index (χ4v) is 2.83. The summed E-state index contributed by atoms with van der Waals surface area (Å²) in [7, 11) is 1.89. The van der Waals surface area contributed by atoms with Crippen LogP contribution in [0.1, 0.15) is 42.5 Å². The Labute approximate surface area is 166 Å². The number of benzene rings is 2. The molecule has 0 unspecified atom stereocenters. The molecule has 0 aliphatic rings. The summed E-state index contributed by atoms with van der Waals surface area (Å²) in [6.07, 6.45) is 0. The van der Waals surface area contributed by atoms with Crippen LogP contribution in [0.2, 0.25) is 0 Å². The van der Waals surface area contributed by atoms with Gasteiger partial charge in [0, 0.05) is 24.1 Å². The van der Waals surface area contributed by atoms with Crippen LogP contribution in [0.5, 0.6) is 0 Å². The maximum Gasteiger partial charge on any atom is 0.274 e. The molecule has 28 heavy (non-hydrogen) atoms. The lowest BCUT2D eigenvalue weighted by atomic mass is 9.87. The third-order valence-electron chi connectivity index (χ3n) is 4.53. The number of nitrogens with zero attached hydrogens (tertiary/aromatic N) is 3. The first-order valence-electron chi connectivity index (χ1n) is 9.30. The molecule has 0 saturated carbocycles. The van der Waals surface area contributed by atoms with Gasteiger partial charge < -0.3 is 10.2 Å². The first-order valence-corrected chi connectivity index (χ1v) is 9.30. The molecule has 0 aliphatic heterocycles. The maximum atomic E-state index is 12.7. The van der Waals surface area contributed by atoms with E-state index in [0.717, 1.165) is 17.1 Å². The lowest BCUT2D eigenvalue weighted by Crippen LogP contribution is -2.19. The number of aryl methyl sites for hydroxylation is 1. The SMILES string of the molecule is Cc1cc(C(=O)Nc2ccc(C(C)(C)C)cc2)nc(N(C)c2ccccc2)n1. The third kappa shape index (κ3) is 4.55. The van der Waals surface area contributed by atoms with Crippen LogP contribution in [-0.2, 0) is 5.41 Å². The third-order valence-corrected chi connectivity index (χ3v) is 4.53. The van der Waals surface area contributed by atoms with Crippen LogP contribution in [0.15, 0.2) is 60.7 Å². The minimum Gasteiger partial charge on any atom is -0.321 e. The molecule has 3 rings (SSSR count). The van der Waals surface area contributed by atoms with E-state index in [9.17, 15) is 4.79 Å². The van der Waals surface area contributed by atoms with Gasteiger partial charge in [-0.2, -0.15) is 0 Å². The molecule has 0 fully saturated rings. The minimum absolute atomic E-state index is 0.0726. The van der Waals surface area contributed by atoms with Crippen LogP contribution in [0.4, 0.5) is 17.3 Å². The lowest BCUT2D eigenvalue weighted by Gasteiger charge is -2.19. The highest BCUT2D eigenvalue weighted by Gasteiger charge is 2.16. The van der Waals surface area contributed by atoms with Gasteiger partial charge in [0.25, 0.3) is 5.91 Å². The average molecular weight is 374 g/mol. The molecule has 1 aromatic heterocycles. The molecule has 1 heterocycles. The van der Waals surface area contributed by atoms with Gasteiger partial charge >= 0.3 is 0 Å². The van der Waals surface area contributed by atoms with Crippen LogP contribution in [-0.4, -0.2) is 22.9 Å². The minimum atomic E-state index is -0.253. The lowest BCUT2D eigenvalue weighted by molar-refractivity contribution is 0.102. The van der Waals surface area contributed by atoms with Crippen molar-refractivity contribution < 1.29 is 4.79 Å². The van der Waals surface area contributed by atoms with Crippen LogP contribution in [0.25, 0.3) is 0 Å². The van der Waals surface area contributed by atoms with Crippen LogP contribution in [0, 0.1) is 6.92 Å². The molecule has 0 atom stereocenters. The standard InChI is InChI=1S/C23H26N4O/c1-16-15-20(26-22(24-16)27(5)19-9-7-6-8-10-19)21(28)25-18-13-11-17(12-14-18)23(2,3)4/h6-15H,1-5H3,(H,25,28). The van der Waals surface area contributed by atoms with E-state index in [4.69, 9.17) is 0 Å². The van der Waals surface area contributed by atoms with Gasteiger partial charge in [-0.3, -0.25) is 4.79 Å². The summed E-state index contributed by atoms with van der Waals surface area (Å²) in [5.41, 5.74) is 4.06. The van der Waals surface area contributed by atoms with E-state index < -0.39 is 0 Å². The van der Waals surface area contributed by atoms with E-state index in [1.165, 1.54) is 5.56 Å². The predicted molar refractivity (Wildman–Crippen MR) is 114 cm³/mol. The van der Waals surface area contributed by atoms with Crippen molar-refractivity contribution >= 4 is 23.2 Å². The van der Waals surface area contributed by atoms with Crippen molar-refractivity contribution in [2.75, 3.05) is 17.3 Å². The normalized spacial score (nSPS) is 11.2. The Morgan fingerprint density at radius 3 is 2.21 bits per heavy atom. The van der Waals surface area contributed by atoms with Gasteiger partial charge in [-0.1, -0.05) is 51.1 Å². The van der Waals surface area contributed by atoms with E-state index in [0.29, 0.717) is 11.6 Å². The van der Waals surface area contributed by atoms with Gasteiger partial charge in [0.2, 0.25) is 5.95 Å². The fraction of sp³-hybridized carbons (Fsp3) is 0.261. The zero-order chi connectivity index (χ0) is 20.3. The van der Waals surface area contributed by atoms with E-state index in [-0.39, 0.29) is 11.3 Å². The second-order valence-corrected chi connectivity index (χ2v) is 7.87. The largest absolute Gasteiger partial charge is 0.321 e. The Morgan fingerprint density at radius 2 is 1.61 bits per heavy atom. The quantitative estimate of drug-likeness (QED) is 0.690. The average Bonchev–Trinajstić information content (AvgIpc) is 2.67. The molecule has 0 spiro atoms. The number of nitrogens with one attached hydrogen (secondary N) is 1. The van der Waals surface area contributed by atoms with Gasteiger partial charge in [-0.05, 0) is 48.2 Å². The molecule has 0 radical (unpaired) electrons. The number of amides is 1. The maximum absolute atomic E-state index is 12.7. The summed E-state index contributed by atoms with van der Waals surface area (Å²) < 4.78 is 0. The summed E-state index contributed by atoms with van der Waals surface area (Å²) in [5.74, 6) is 0.233. The van der Waals surface area contributed by atoms with E-state index in [1.54, 1.807) is 6.07 Å². The Kier molecular flexibility index (Phi) is 5.45. The molecule has 0 saturated heterocycles. The molecule has 0 aliphatic carbocycles. The number of para-hydroxylation sites is 1. The summed E-state index contributed by atoms with van der Waals surface area (Å²) in [4.78, 5) is 23.5. The molecule has 144 valence electrons. The van der Waals surface area contributed by atoms with Crippen molar-refractivity contribution in [3.05, 3.63) is 77.6 Å². The van der Waals surface area contributed by atoms with Crippen molar-refractivity contribution in [2.45, 2.75) is 33.1 Å². The molecule has 1 N–H and O–H groups in total. The Morgan fingerprint density at radius 1 is 0.964 bits per heavy atom. The van der Waals surface area contributed by atoms with Gasteiger partial charge in [0.1, 0.15) is 5.69 Å². The Bertz CT molecular complexity index is 960. The highest BCUT2D eigenvalue weighted by molar-refractivity contribution is 6.03. The molecule has 3 aromatic rings. The zero-order valence-corrected chi connectivity index (χ0v) is 17.0. The second-order valence-electron chi connectivity index (χ2n) is 7.87. The number of carbonyl (C=O) groups is 1. The summed E-state index contributed by atoms with van der Waals surface area (Å²) in [6.45, 7) is 8.35. The Hall–Kier alpha value is -3.21. The first-order chi connectivity index (χ1) is 13.2. The molecular weight excluding hydrogens is 348 g/mol. The van der Waals surface area contributed by atoms with Crippen LogP contribution >= 0.6 is 0 Å². The number of hydrogen-bond donors (Lipinski definition) is 1. The molecule has 5 heteroatoms. The van der Waals surface area contributed by atoms with Crippen LogP contribution in [0.3, 0.4) is 0 Å². The molecule has 0 bridgehead atoms. The van der Waals surface area contributed by atoms with Gasteiger partial charge in [0.15, 0.2) is 0 Å². The molecular formula is C23H26N4O. The van der Waals surface area contributed by atoms with Crippen molar-refractivity contribution in [2.24, 2.45) is 0 Å². The second kappa shape index (κ2) is 7.80. The highest BCUT2D eigenvalue weighted by atomic mass is 16.1. The Balaban J connectivity index is 1.81. The smallest absolute Gasteiger partial charge is 0.274 e. The molecule has 5 nitrogen and oxygen atoms in total. The molecule has 1 amide bonds. The molecule has 2 aromatic carbocycles. The number of hydrogen-bond acceptors (Lipinski definition) is 4. The van der Waals surface area contributed by atoms with Gasteiger partial charge in [-0.25, -0.2) is 9.97 Å². The fourth-order valence-electron chi connectivity index (χ4n) is 2.83. The highest BCUT2D eigenvalue weighted by Crippen LogP contribution is 2.24. The van der Waals surface area contributed by atoms with Gasteiger partial charge in [-0.15, -0.1) is 0 Å². The van der Waals surface area contributed by atoms with Crippen molar-refractivity contribution in [3.8, 4) is 0 Å². The number of rotatable bonds is 4. The van der Waals surface area contributed by atoms with E-state index in [2.05, 4.69) is 36.1 Å². The van der Waals surface area contributed by atoms with Crippen molar-refractivity contribution in [3.63, 3.8) is 0 Å². The van der Waals surface area contributed by atoms with E-state index in [1.807, 2.05) is 73.5 Å². The zero-order valence-electron chi connectivity index (χ0n) is 17.0. The topological polar surface area (TPSA) is 58.1 Å². The van der Waals surface area contributed by atoms with Crippen LogP contribution < -0.4 is 10.2 Å². The summed E-state index contributed by atoms with van der Waals surface area (Å²) >= 11 is 0. The number of carbonyl (C=O) groups excluding carboxylic acids is 1. The summed E-state index contributed by atoms with van der Waals surface area (Å²) in [5, 5.41) is 2.92. The predicted octanol–water partition coefficient (Wildman–Crippen LogP) is 5.10. The van der Waals surface area contributed by atoms with Crippen molar-refractivity contribution in [1.82, 2.24) is 9.97 Å². The van der Waals surface area contributed by atoms with Gasteiger partial charge in [0.05, 0.1) is 0 Å². The number of anilines is 3. The monoisotopic (exact) mass is 374 g/mol. The van der Waals surface area contributed by atoms with E-state index >= 15 is 0 Å². The summed E-state index contributed by atoms with van der Waals surface area (Å²) in [6, 6.07) is 19.4.